The molecule has 89 heavy (non-hydrogen) atoms. The lowest BCUT2D eigenvalue weighted by atomic mass is 9.33. The third-order valence-electron chi connectivity index (χ3n) is 18.1. The van der Waals surface area contributed by atoms with Gasteiger partial charge in [0.25, 0.3) is 6.71 Å². The highest BCUT2D eigenvalue weighted by Crippen LogP contribution is 2.56. The Kier molecular flexibility index (Phi) is 11.9. The van der Waals surface area contributed by atoms with E-state index in [9.17, 15) is 5.48 Å². The van der Waals surface area contributed by atoms with Crippen molar-refractivity contribution in [2.24, 2.45) is 0 Å². The van der Waals surface area contributed by atoms with Crippen molar-refractivity contribution < 1.29 is 13.7 Å². The number of rotatable bonds is 11. The second-order valence-electron chi connectivity index (χ2n) is 26.5. The molecule has 0 radical (unpaired) electrons. The molecule has 0 aliphatic carbocycles. The van der Waals surface area contributed by atoms with E-state index in [1.807, 2.05) is 48.5 Å². The summed E-state index contributed by atoms with van der Waals surface area (Å²) in [4.78, 5) is 4.82. The molecule has 0 saturated heterocycles. The molecule has 0 amide bonds. The van der Waals surface area contributed by atoms with Crippen molar-refractivity contribution in [1.29, 1.82) is 0 Å². The quantitative estimate of drug-likeness (QED) is 0.119. The summed E-state index contributed by atoms with van der Waals surface area (Å²) in [5.41, 5.74) is 22.2. The third-order valence-corrected chi connectivity index (χ3v) is 18.1. The molecule has 0 bridgehead atoms. The summed E-state index contributed by atoms with van der Waals surface area (Å²) in [6, 6.07) is 71.0. The van der Waals surface area contributed by atoms with Gasteiger partial charge in [0.1, 0.15) is 0 Å². The van der Waals surface area contributed by atoms with E-state index in [1.165, 1.54) is 5.56 Å². The molecule has 2 aliphatic heterocycles. The van der Waals surface area contributed by atoms with Crippen LogP contribution in [0.3, 0.4) is 0 Å². The van der Waals surface area contributed by atoms with E-state index in [-0.39, 0.29) is 58.0 Å². The standard InChI is InChI=1S/C86H77BN2/c1-56(2)64-41-44-70(71(47-64)57(3)4)67-50-80-82-81(51-67)89(84-74(62-37-25-15-26-38-62)54-69(86(8,9)10)55-75(84)63-39-27-16-28-40-63)79-49-66(59-31-19-12-20-32-59)43-46-77(79)87(82)76-45-42-65(58-29-17-11-18-30-58)48-78(76)88(80)83-72(60-33-21-13-22-34-60)52-68(85(5,6)7)53-73(83)61-35-23-14-24-36-61/h11-57H,1-10H3/i11D,12D,17D,18D,19D,20D,29D,30D,31D,32D. The predicted molar refractivity (Wildman–Crippen MR) is 384 cm³/mol. The van der Waals surface area contributed by atoms with Crippen LogP contribution in [0, 0.1) is 0 Å². The van der Waals surface area contributed by atoms with Gasteiger partial charge in [-0.25, -0.2) is 0 Å². The first-order valence-corrected chi connectivity index (χ1v) is 31.2. The fraction of sp³-hybridized carbons (Fsp3) is 0.163. The number of benzene rings is 12. The SMILES string of the molecule is [2H]c1c([2H])c([2H])c(-c2ccc3c(c2)N(c2c(-c4ccccc4)cc(C(C)(C)C)cc2-c2ccccc2)c2cc(-c4ccc(C(C)C)cc4C(C)C)cc4c2B3c2ccc(-c3c([2H])c([2H])c([2H])c([2H])c3[2H])cc2N4c2c(-c3ccccc3)cc(C(C)(C)C)cc2-c2ccccc2)c([2H])c1[2H]. The minimum absolute atomic E-state index is 0.0736. The molecule has 0 aromatic heterocycles. The predicted octanol–water partition coefficient (Wildman–Crippen LogP) is 22.3. The molecule has 12 aromatic carbocycles. The maximum atomic E-state index is 9.57. The number of nitrogens with zero attached hydrogens (tertiary/aromatic N) is 2. The fourth-order valence-electron chi connectivity index (χ4n) is 13.4. The third kappa shape index (κ3) is 10.4. The second kappa shape index (κ2) is 22.8. The maximum absolute atomic E-state index is 9.57. The van der Waals surface area contributed by atoms with E-state index in [4.69, 9.17) is 8.22 Å². The summed E-state index contributed by atoms with van der Waals surface area (Å²) in [6.45, 7) is 21.8. The van der Waals surface area contributed by atoms with Crippen LogP contribution in [0.15, 0.2) is 273 Å². The largest absolute Gasteiger partial charge is 0.310 e. The number of hydrogen-bond acceptors (Lipinski definition) is 2. The highest BCUT2D eigenvalue weighted by Gasteiger charge is 2.46. The molecule has 14 rings (SSSR count). The van der Waals surface area contributed by atoms with Crippen molar-refractivity contribution in [3.8, 4) is 77.9 Å². The first kappa shape index (κ1) is 46.5. The van der Waals surface area contributed by atoms with Gasteiger partial charge < -0.3 is 9.80 Å². The maximum Gasteiger partial charge on any atom is 0.252 e. The Morgan fingerprint density at radius 2 is 0.685 bits per heavy atom. The minimum atomic E-state index is -0.596. The van der Waals surface area contributed by atoms with Crippen molar-refractivity contribution in [2.45, 2.75) is 91.9 Å². The van der Waals surface area contributed by atoms with Gasteiger partial charge in [-0.1, -0.05) is 293 Å². The molecule has 0 saturated carbocycles. The van der Waals surface area contributed by atoms with Crippen LogP contribution in [0.5, 0.6) is 0 Å². The first-order chi connectivity index (χ1) is 47.2. The summed E-state index contributed by atoms with van der Waals surface area (Å²) < 4.78 is 92.0. The van der Waals surface area contributed by atoms with Gasteiger partial charge in [-0.15, -0.1) is 0 Å². The molecule has 2 aliphatic rings. The summed E-state index contributed by atoms with van der Waals surface area (Å²) in [5, 5.41) is 0. The van der Waals surface area contributed by atoms with Gasteiger partial charge >= 0.3 is 0 Å². The summed E-state index contributed by atoms with van der Waals surface area (Å²) in [5.74, 6) is 0.314. The van der Waals surface area contributed by atoms with Gasteiger partial charge in [-0.2, -0.15) is 0 Å². The molecular formula is C86H77BN2. The molecule has 12 aromatic rings. The number of hydrogen-bond donors (Lipinski definition) is 0. The molecule has 434 valence electrons. The summed E-state index contributed by atoms with van der Waals surface area (Å²) in [6.07, 6.45) is 0. The van der Waals surface area contributed by atoms with Gasteiger partial charge in [0.15, 0.2) is 0 Å². The highest BCUT2D eigenvalue weighted by atomic mass is 15.2. The Balaban J connectivity index is 1.25. The average Bonchev–Trinajstić information content (AvgIpc) is 0.686. The smallest absolute Gasteiger partial charge is 0.252 e. The Bertz CT molecular complexity index is 4760. The van der Waals surface area contributed by atoms with Crippen molar-refractivity contribution in [2.75, 3.05) is 9.80 Å². The van der Waals surface area contributed by atoms with Crippen LogP contribution in [0.2, 0.25) is 0 Å². The van der Waals surface area contributed by atoms with Crippen LogP contribution >= 0.6 is 0 Å². The van der Waals surface area contributed by atoms with E-state index in [2.05, 4.69) is 243 Å². The van der Waals surface area contributed by atoms with E-state index in [1.54, 1.807) is 0 Å². The van der Waals surface area contributed by atoms with Gasteiger partial charge in [0.2, 0.25) is 0 Å². The highest BCUT2D eigenvalue weighted by molar-refractivity contribution is 7.00. The molecule has 0 N–H and O–H groups in total. The minimum Gasteiger partial charge on any atom is -0.310 e. The Hall–Kier alpha value is -9.70. The van der Waals surface area contributed by atoms with E-state index in [0.29, 0.717) is 11.1 Å². The molecular weight excluding hydrogens is 1070 g/mol. The van der Waals surface area contributed by atoms with E-state index in [0.717, 1.165) is 123 Å². The van der Waals surface area contributed by atoms with Crippen LogP contribution in [0.25, 0.3) is 77.9 Å². The van der Waals surface area contributed by atoms with Crippen molar-refractivity contribution in [3.63, 3.8) is 0 Å². The molecule has 0 atom stereocenters. The topological polar surface area (TPSA) is 6.48 Å². The van der Waals surface area contributed by atoms with Crippen molar-refractivity contribution in [1.82, 2.24) is 0 Å². The van der Waals surface area contributed by atoms with Crippen molar-refractivity contribution in [3.05, 3.63) is 295 Å². The van der Waals surface area contributed by atoms with E-state index >= 15 is 0 Å². The normalized spacial score (nSPS) is 14.3. The lowest BCUT2D eigenvalue weighted by molar-refractivity contribution is 0.590. The zero-order valence-electron chi connectivity index (χ0n) is 62.3. The summed E-state index contributed by atoms with van der Waals surface area (Å²) >= 11 is 0. The zero-order valence-corrected chi connectivity index (χ0v) is 52.3. The van der Waals surface area contributed by atoms with Crippen LogP contribution in [-0.4, -0.2) is 6.71 Å². The van der Waals surface area contributed by atoms with Gasteiger partial charge in [-0.3, -0.25) is 0 Å². The van der Waals surface area contributed by atoms with Gasteiger partial charge in [0.05, 0.1) is 25.1 Å². The molecule has 2 nitrogen and oxygen atoms in total. The lowest BCUT2D eigenvalue weighted by Crippen LogP contribution is -2.61. The lowest BCUT2D eigenvalue weighted by Gasteiger charge is -2.46. The first-order valence-electron chi connectivity index (χ1n) is 36.2. The Morgan fingerprint density at radius 3 is 1.02 bits per heavy atom. The Morgan fingerprint density at radius 1 is 0.326 bits per heavy atom. The molecule has 3 heteroatoms. The average molecular weight is 1160 g/mol. The van der Waals surface area contributed by atoms with E-state index < -0.39 is 43.0 Å². The van der Waals surface area contributed by atoms with Crippen molar-refractivity contribution >= 4 is 57.2 Å². The van der Waals surface area contributed by atoms with Crippen LogP contribution in [0.4, 0.5) is 34.1 Å². The molecule has 0 unspecified atom stereocenters. The second-order valence-corrected chi connectivity index (χ2v) is 26.5. The zero-order chi connectivity index (χ0) is 70.0. The molecule has 0 spiro atoms. The van der Waals surface area contributed by atoms with Crippen LogP contribution in [-0.2, 0) is 10.8 Å². The molecule has 2 heterocycles. The van der Waals surface area contributed by atoms with Gasteiger partial charge in [0, 0.05) is 45.0 Å². The van der Waals surface area contributed by atoms with Crippen LogP contribution < -0.4 is 26.2 Å². The summed E-state index contributed by atoms with van der Waals surface area (Å²) in [7, 11) is 0. The fourth-order valence-corrected chi connectivity index (χ4v) is 13.4. The monoisotopic (exact) mass is 1160 g/mol. The van der Waals surface area contributed by atoms with Gasteiger partial charge in [-0.05, 0) is 165 Å². The Labute approximate surface area is 543 Å². The molecule has 0 fully saturated rings. The van der Waals surface area contributed by atoms with Crippen LogP contribution in [0.1, 0.15) is 117 Å². The number of anilines is 6. The number of fused-ring (bicyclic) bond motifs is 4.